The Labute approximate surface area is 179 Å². The van der Waals surface area contributed by atoms with Crippen LogP contribution in [0, 0.1) is 0 Å². The van der Waals surface area contributed by atoms with Gasteiger partial charge in [-0.3, -0.25) is 19.6 Å². The zero-order valence-corrected chi connectivity index (χ0v) is 15.0. The zero-order chi connectivity index (χ0) is 20.5. The normalized spacial score (nSPS) is 9.53. The molecule has 0 N–H and O–H groups in total. The molecule has 30 heavy (non-hydrogen) atoms. The summed E-state index contributed by atoms with van der Waals surface area (Å²) in [6, 6.07) is 25.7. The molecule has 4 aromatic rings. The second-order valence-corrected chi connectivity index (χ2v) is 5.85. The highest BCUT2D eigenvalue weighted by molar-refractivity contribution is 5.77. The Morgan fingerprint density at radius 2 is 1.03 bits per heavy atom. The molecule has 0 spiro atoms. The number of pyridine rings is 2. The van der Waals surface area contributed by atoms with Crippen molar-refractivity contribution in [1.29, 1.82) is 0 Å². The number of benzene rings is 2. The molecule has 4 heteroatoms. The third-order valence-electron chi connectivity index (χ3n) is 3.97. The first-order chi connectivity index (χ1) is 14.2. The predicted molar refractivity (Wildman–Crippen MR) is 124 cm³/mol. The maximum Gasteiger partial charge on any atom is 0.150 e. The van der Waals surface area contributed by atoms with Gasteiger partial charge in [0, 0.05) is 34.6 Å². The second-order valence-electron chi connectivity index (χ2n) is 5.85. The molecular weight excluding hydrogens is 372 g/mol. The third kappa shape index (κ3) is 6.60. The van der Waals surface area contributed by atoms with Gasteiger partial charge in [0.25, 0.3) is 0 Å². The van der Waals surface area contributed by atoms with Crippen molar-refractivity contribution >= 4 is 12.5 Å². The average molecular weight is 400 g/mol. The fraction of sp³-hybridized carbons (Fsp3) is 0.0769. The summed E-state index contributed by atoms with van der Waals surface area (Å²) >= 11 is 0. The van der Waals surface area contributed by atoms with Gasteiger partial charge in [0.05, 0.1) is 11.4 Å². The Hall–Kier alpha value is -3.92. The predicted octanol–water partition coefficient (Wildman–Crippen LogP) is 6.39. The minimum absolute atomic E-state index is 0. The van der Waals surface area contributed by atoms with Crippen LogP contribution < -0.4 is 0 Å². The van der Waals surface area contributed by atoms with Gasteiger partial charge in [0.15, 0.2) is 0 Å². The van der Waals surface area contributed by atoms with Gasteiger partial charge >= 0.3 is 0 Å². The molecule has 0 atom stereocenters. The van der Waals surface area contributed by atoms with E-state index in [4.69, 9.17) is 1.37 Å². The Morgan fingerprint density at radius 1 is 0.600 bits per heavy atom. The van der Waals surface area contributed by atoms with Gasteiger partial charge in [-0.1, -0.05) is 75.5 Å². The zero-order valence-electron chi connectivity index (χ0n) is 16.0. The molecule has 4 nitrogen and oxygen atoms in total. The molecular formula is C26H26N2O2. The lowest BCUT2D eigenvalue weighted by Crippen LogP contribution is -1.83. The van der Waals surface area contributed by atoms with Crippen molar-refractivity contribution in [2.24, 2.45) is 0 Å². The number of aldehydes is 2. The lowest BCUT2D eigenvalue weighted by atomic mass is 10.1. The van der Waals surface area contributed by atoms with E-state index in [2.05, 4.69) is 9.97 Å². The Kier molecular flexibility index (Phi) is 9.34. The molecule has 0 radical (unpaired) electrons. The molecule has 2 aromatic heterocycles. The van der Waals surface area contributed by atoms with E-state index in [1.165, 1.54) is 0 Å². The Bertz CT molecular complexity index is 1070. The molecule has 0 fully saturated rings. The summed E-state index contributed by atoms with van der Waals surface area (Å²) in [6.45, 7) is 0. The van der Waals surface area contributed by atoms with Crippen molar-refractivity contribution < 1.29 is 11.0 Å². The highest BCUT2D eigenvalue weighted by Gasteiger charge is 1.98. The second kappa shape index (κ2) is 12.5. The van der Waals surface area contributed by atoms with Crippen molar-refractivity contribution in [3.05, 3.63) is 108 Å². The lowest BCUT2D eigenvalue weighted by molar-refractivity contribution is 0.111. The smallest absolute Gasteiger partial charge is 0.150 e. The van der Waals surface area contributed by atoms with Crippen LogP contribution in [-0.4, -0.2) is 22.5 Å². The summed E-state index contributed by atoms with van der Waals surface area (Å²) in [6.07, 6.45) is 3.65. The van der Waals surface area contributed by atoms with Crippen LogP contribution in [0.3, 0.4) is 0 Å². The number of hydrogen-bond donors (Lipinski definition) is 0. The van der Waals surface area contributed by atoms with Crippen LogP contribution in [-0.2, 0) is 0 Å². The van der Waals surface area contributed by atoms with Crippen LogP contribution >= 0.6 is 0 Å². The van der Waals surface area contributed by atoms with Gasteiger partial charge in [0.2, 0.25) is 0 Å². The maximum absolute atomic E-state index is 10.7. The van der Waals surface area contributed by atoms with E-state index in [1.54, 1.807) is 48.8 Å². The summed E-state index contributed by atoms with van der Waals surface area (Å²) < 4.78 is 6.94. The minimum Gasteiger partial charge on any atom is -0.298 e. The SMILES string of the molecule is C.C.O=Cc1ccc(-c2ccccn2)cc1.[2H]C(=O)c1ccc(-c2ccccn2)cc1. The first-order valence-electron chi connectivity index (χ1n) is 9.16. The molecule has 2 aromatic carbocycles. The molecule has 0 saturated heterocycles. The van der Waals surface area contributed by atoms with Crippen molar-refractivity contribution in [2.45, 2.75) is 14.9 Å². The largest absolute Gasteiger partial charge is 0.298 e. The van der Waals surface area contributed by atoms with Crippen LogP contribution in [0.1, 0.15) is 36.9 Å². The van der Waals surface area contributed by atoms with E-state index in [9.17, 15) is 9.59 Å². The third-order valence-corrected chi connectivity index (χ3v) is 3.97. The summed E-state index contributed by atoms with van der Waals surface area (Å²) in [5.41, 5.74) is 4.84. The Morgan fingerprint density at radius 3 is 1.37 bits per heavy atom. The molecule has 0 amide bonds. The van der Waals surface area contributed by atoms with E-state index in [0.29, 0.717) is 11.1 Å². The number of carbonyl (C=O) groups is 2. The first kappa shape index (κ1) is 22.4. The van der Waals surface area contributed by atoms with Gasteiger partial charge in [-0.2, -0.15) is 0 Å². The van der Waals surface area contributed by atoms with Crippen LogP contribution in [0.2, 0.25) is 0 Å². The van der Waals surface area contributed by atoms with Gasteiger partial charge in [0.1, 0.15) is 13.9 Å². The fourth-order valence-corrected chi connectivity index (χ4v) is 2.51. The maximum atomic E-state index is 10.7. The fourth-order valence-electron chi connectivity index (χ4n) is 2.51. The van der Waals surface area contributed by atoms with Crippen LogP contribution in [0.15, 0.2) is 97.3 Å². The molecule has 2 heterocycles. The minimum atomic E-state index is -0.664. The van der Waals surface area contributed by atoms with Gasteiger partial charge in [-0.05, 0) is 24.3 Å². The van der Waals surface area contributed by atoms with Gasteiger partial charge in [-0.15, -0.1) is 0 Å². The van der Waals surface area contributed by atoms with Crippen molar-refractivity contribution in [2.75, 3.05) is 0 Å². The topological polar surface area (TPSA) is 59.9 Å². The number of aromatic nitrogens is 2. The molecule has 152 valence electrons. The standard InChI is InChI=1S/2C12H9NO.2CH4/c2*14-9-10-4-6-11(7-5-10)12-3-1-2-8-13-12;;/h2*1-9H;2*1H4/i9D;;;. The number of hydrogen-bond acceptors (Lipinski definition) is 4. The molecule has 0 aliphatic carbocycles. The van der Waals surface area contributed by atoms with Crippen LogP contribution in [0.5, 0.6) is 0 Å². The summed E-state index contributed by atoms with van der Waals surface area (Å²) in [4.78, 5) is 29.6. The van der Waals surface area contributed by atoms with Crippen LogP contribution in [0.25, 0.3) is 22.5 Å². The van der Waals surface area contributed by atoms with E-state index >= 15 is 0 Å². The highest BCUT2D eigenvalue weighted by atomic mass is 16.1. The van der Waals surface area contributed by atoms with Crippen molar-refractivity contribution in [3.8, 4) is 22.5 Å². The van der Waals surface area contributed by atoms with E-state index in [1.807, 2.05) is 48.5 Å². The van der Waals surface area contributed by atoms with Crippen LogP contribution in [0.4, 0.5) is 0 Å². The molecule has 0 unspecified atom stereocenters. The van der Waals surface area contributed by atoms with E-state index in [0.717, 1.165) is 28.8 Å². The first-order valence-corrected chi connectivity index (χ1v) is 8.66. The van der Waals surface area contributed by atoms with Crippen molar-refractivity contribution in [1.82, 2.24) is 9.97 Å². The summed E-state index contributed by atoms with van der Waals surface area (Å²) in [7, 11) is 0. The van der Waals surface area contributed by atoms with Crippen molar-refractivity contribution in [3.63, 3.8) is 0 Å². The quantitative estimate of drug-likeness (QED) is 0.373. The number of nitrogens with zero attached hydrogens (tertiary/aromatic N) is 2. The lowest BCUT2D eigenvalue weighted by Gasteiger charge is -1.99. The number of carbonyl (C=O) groups excluding carboxylic acids is 2. The average Bonchev–Trinajstić information content (AvgIpc) is 2.81. The summed E-state index contributed by atoms with van der Waals surface area (Å²) in [5.74, 6) is 0. The van der Waals surface area contributed by atoms with Gasteiger partial charge < -0.3 is 0 Å². The molecule has 0 aliphatic heterocycles. The van der Waals surface area contributed by atoms with Gasteiger partial charge in [-0.25, -0.2) is 0 Å². The number of rotatable bonds is 4. The Balaban J connectivity index is 0.000000292. The summed E-state index contributed by atoms with van der Waals surface area (Å²) in [5, 5.41) is 0. The molecule has 0 bridgehead atoms. The van der Waals surface area contributed by atoms with E-state index < -0.39 is 6.26 Å². The van der Waals surface area contributed by atoms with E-state index in [-0.39, 0.29) is 14.9 Å². The highest BCUT2D eigenvalue weighted by Crippen LogP contribution is 2.16. The molecule has 0 saturated carbocycles. The molecule has 0 aliphatic rings. The monoisotopic (exact) mass is 399 g/mol. The molecule has 4 rings (SSSR count).